The first-order valence-corrected chi connectivity index (χ1v) is 7.68. The number of hydrogen-bond acceptors (Lipinski definition) is 5. The van der Waals surface area contributed by atoms with Gasteiger partial charge in [0.25, 0.3) is 0 Å². The van der Waals surface area contributed by atoms with Crippen molar-refractivity contribution in [2.24, 2.45) is 0 Å². The highest BCUT2D eigenvalue weighted by Crippen LogP contribution is 2.35. The lowest BCUT2D eigenvalue weighted by Crippen LogP contribution is -2.35. The van der Waals surface area contributed by atoms with E-state index in [1.807, 2.05) is 0 Å². The maximum absolute atomic E-state index is 12.1. The monoisotopic (exact) mass is 353 g/mol. The van der Waals surface area contributed by atoms with E-state index in [1.54, 1.807) is 6.92 Å². The summed E-state index contributed by atoms with van der Waals surface area (Å²) < 4.78 is 37.1. The van der Waals surface area contributed by atoms with Crippen molar-refractivity contribution in [3.63, 3.8) is 0 Å². The van der Waals surface area contributed by atoms with Gasteiger partial charge in [0.15, 0.2) is 11.5 Å². The molecule has 1 aromatic rings. The molecule has 0 heterocycles. The minimum Gasteiger partial charge on any atom is -0.493 e. The average molecular weight is 354 g/mol. The highest BCUT2D eigenvalue weighted by molar-refractivity contribution is 9.10. The molecule has 2 N–H and O–H groups in total. The van der Waals surface area contributed by atoms with Crippen LogP contribution in [0.1, 0.15) is 6.92 Å². The summed E-state index contributed by atoms with van der Waals surface area (Å²) in [6.07, 6.45) is 0. The van der Waals surface area contributed by atoms with Gasteiger partial charge in [-0.3, -0.25) is 0 Å². The smallest absolute Gasteiger partial charge is 0.242 e. The Morgan fingerprint density at radius 1 is 1.32 bits per heavy atom. The number of halogens is 1. The lowest BCUT2D eigenvalue weighted by Gasteiger charge is -2.15. The third kappa shape index (κ3) is 3.82. The number of nitrogens with one attached hydrogen (secondary N) is 1. The first kappa shape index (κ1) is 16.2. The highest BCUT2D eigenvalue weighted by Gasteiger charge is 2.22. The molecule has 19 heavy (non-hydrogen) atoms. The van der Waals surface area contributed by atoms with Crippen molar-refractivity contribution >= 4 is 26.0 Å². The van der Waals surface area contributed by atoms with Crippen LogP contribution in [-0.4, -0.2) is 40.4 Å². The number of aliphatic hydroxyl groups excluding tert-OH is 1. The van der Waals surface area contributed by atoms with Gasteiger partial charge in [0.05, 0.1) is 20.8 Å². The minimum absolute atomic E-state index is 0.0189. The number of aliphatic hydroxyl groups is 1. The third-order valence-electron chi connectivity index (χ3n) is 2.36. The molecular formula is C11H16BrNO5S. The summed E-state index contributed by atoms with van der Waals surface area (Å²) >= 11 is 3.18. The summed E-state index contributed by atoms with van der Waals surface area (Å²) in [5.41, 5.74) is 0. The molecule has 0 amide bonds. The second-order valence-electron chi connectivity index (χ2n) is 3.84. The molecule has 1 aromatic carbocycles. The van der Waals surface area contributed by atoms with Crippen LogP contribution in [-0.2, 0) is 10.0 Å². The minimum atomic E-state index is -3.75. The Morgan fingerprint density at radius 2 is 1.84 bits per heavy atom. The molecule has 0 bridgehead atoms. The number of ether oxygens (including phenoxy) is 2. The van der Waals surface area contributed by atoms with E-state index in [0.717, 1.165) is 0 Å². The molecule has 0 aromatic heterocycles. The fraction of sp³-hybridized carbons (Fsp3) is 0.455. The van der Waals surface area contributed by atoms with E-state index in [1.165, 1.54) is 26.4 Å². The third-order valence-corrected chi connectivity index (χ3v) is 4.91. The van der Waals surface area contributed by atoms with Gasteiger partial charge in [-0.1, -0.05) is 0 Å². The van der Waals surface area contributed by atoms with Crippen LogP contribution < -0.4 is 14.2 Å². The van der Waals surface area contributed by atoms with Gasteiger partial charge < -0.3 is 14.6 Å². The van der Waals surface area contributed by atoms with Crippen molar-refractivity contribution in [3.05, 3.63) is 16.6 Å². The largest absolute Gasteiger partial charge is 0.493 e. The van der Waals surface area contributed by atoms with Crippen LogP contribution in [0.15, 0.2) is 21.5 Å². The van der Waals surface area contributed by atoms with Gasteiger partial charge >= 0.3 is 0 Å². The summed E-state index contributed by atoms with van der Waals surface area (Å²) in [4.78, 5) is 0.0189. The quantitative estimate of drug-likeness (QED) is 0.800. The summed E-state index contributed by atoms with van der Waals surface area (Å²) in [5, 5.41) is 8.91. The van der Waals surface area contributed by atoms with Crippen LogP contribution in [0.2, 0.25) is 0 Å². The molecule has 0 spiro atoms. The van der Waals surface area contributed by atoms with Crippen molar-refractivity contribution in [2.45, 2.75) is 17.9 Å². The van der Waals surface area contributed by atoms with Gasteiger partial charge in [0.1, 0.15) is 4.90 Å². The fourth-order valence-electron chi connectivity index (χ4n) is 1.41. The van der Waals surface area contributed by atoms with E-state index in [4.69, 9.17) is 14.6 Å². The maximum atomic E-state index is 12.1. The van der Waals surface area contributed by atoms with E-state index >= 15 is 0 Å². The summed E-state index contributed by atoms with van der Waals surface area (Å²) in [5.74, 6) is 0.728. The molecule has 108 valence electrons. The van der Waals surface area contributed by atoms with Gasteiger partial charge in [0, 0.05) is 16.6 Å². The zero-order valence-electron chi connectivity index (χ0n) is 10.8. The second-order valence-corrected chi connectivity index (χ2v) is 6.38. The van der Waals surface area contributed by atoms with Crippen molar-refractivity contribution in [2.75, 3.05) is 20.8 Å². The van der Waals surface area contributed by atoms with E-state index in [9.17, 15) is 8.42 Å². The molecule has 1 atom stereocenters. The molecule has 1 rings (SSSR count). The average Bonchev–Trinajstić information content (AvgIpc) is 2.37. The number of rotatable bonds is 6. The van der Waals surface area contributed by atoms with Crippen LogP contribution in [0.5, 0.6) is 11.5 Å². The molecule has 0 aliphatic heterocycles. The molecule has 0 unspecified atom stereocenters. The van der Waals surface area contributed by atoms with Crippen LogP contribution >= 0.6 is 15.9 Å². The van der Waals surface area contributed by atoms with Crippen molar-refractivity contribution in [3.8, 4) is 11.5 Å². The molecule has 8 heteroatoms. The molecule has 0 saturated carbocycles. The Bertz CT molecular complexity index is 546. The molecule has 0 aliphatic rings. The van der Waals surface area contributed by atoms with Crippen LogP contribution in [0.25, 0.3) is 0 Å². The van der Waals surface area contributed by atoms with Gasteiger partial charge in [-0.2, -0.15) is 0 Å². The number of sulfonamides is 1. The number of hydrogen-bond donors (Lipinski definition) is 2. The maximum Gasteiger partial charge on any atom is 0.242 e. The topological polar surface area (TPSA) is 84.9 Å². The van der Waals surface area contributed by atoms with Crippen molar-refractivity contribution < 1.29 is 23.0 Å². The normalized spacial score (nSPS) is 13.1. The Labute approximate surface area is 120 Å². The number of methoxy groups -OCH3 is 2. The van der Waals surface area contributed by atoms with Gasteiger partial charge in [-0.15, -0.1) is 0 Å². The van der Waals surface area contributed by atoms with Crippen LogP contribution in [0.4, 0.5) is 0 Å². The summed E-state index contributed by atoms with van der Waals surface area (Å²) in [6.45, 7) is 1.27. The van der Waals surface area contributed by atoms with Crippen molar-refractivity contribution in [1.29, 1.82) is 0 Å². The lowest BCUT2D eigenvalue weighted by atomic mass is 10.3. The first-order valence-electron chi connectivity index (χ1n) is 5.40. The second kappa shape index (κ2) is 6.56. The van der Waals surface area contributed by atoms with Crippen LogP contribution in [0.3, 0.4) is 0 Å². The Balaban J connectivity index is 3.27. The van der Waals surface area contributed by atoms with Gasteiger partial charge in [-0.25, -0.2) is 13.1 Å². The van der Waals surface area contributed by atoms with E-state index in [-0.39, 0.29) is 11.5 Å². The van der Waals surface area contributed by atoms with E-state index in [0.29, 0.717) is 16.0 Å². The molecular weight excluding hydrogens is 338 g/mol. The highest BCUT2D eigenvalue weighted by atomic mass is 79.9. The Morgan fingerprint density at radius 3 is 2.32 bits per heavy atom. The SMILES string of the molecule is COc1cc(Br)c(S(=O)(=O)N[C@@H](C)CO)cc1OC. The zero-order valence-corrected chi connectivity index (χ0v) is 13.2. The predicted molar refractivity (Wildman–Crippen MR) is 74.1 cm³/mol. The standard InChI is InChI=1S/C11H16BrNO5S/c1-7(6-14)13-19(15,16)11-5-10(18-3)9(17-2)4-8(11)12/h4-5,7,13-14H,6H2,1-3H3/t7-/m0/s1. The fourth-order valence-corrected chi connectivity index (χ4v) is 3.68. The number of benzene rings is 1. The zero-order chi connectivity index (χ0) is 14.6. The Kier molecular flexibility index (Phi) is 5.60. The van der Waals surface area contributed by atoms with Gasteiger partial charge in [-0.05, 0) is 28.9 Å². The molecule has 0 radical (unpaired) electrons. The van der Waals surface area contributed by atoms with E-state index < -0.39 is 16.1 Å². The first-order chi connectivity index (χ1) is 8.85. The lowest BCUT2D eigenvalue weighted by molar-refractivity contribution is 0.265. The van der Waals surface area contributed by atoms with Crippen LogP contribution in [0, 0.1) is 0 Å². The summed E-state index contributed by atoms with van der Waals surface area (Å²) in [7, 11) is -0.867. The molecule has 6 nitrogen and oxygen atoms in total. The predicted octanol–water partition coefficient (Wildman–Crippen LogP) is 1.13. The molecule has 0 aliphatic carbocycles. The van der Waals surface area contributed by atoms with Gasteiger partial charge in [0.2, 0.25) is 10.0 Å². The summed E-state index contributed by atoms with van der Waals surface area (Å²) in [6, 6.07) is 2.29. The molecule has 0 fully saturated rings. The molecule has 0 saturated heterocycles. The Hall–Kier alpha value is -0.830. The van der Waals surface area contributed by atoms with E-state index in [2.05, 4.69) is 20.7 Å². The van der Waals surface area contributed by atoms with Crippen molar-refractivity contribution in [1.82, 2.24) is 4.72 Å².